The van der Waals surface area contributed by atoms with E-state index in [1.165, 1.54) is 16.9 Å². The molecule has 7 nitrogen and oxygen atoms in total. The third kappa shape index (κ3) is 8.13. The van der Waals surface area contributed by atoms with Crippen LogP contribution in [0.1, 0.15) is 34.4 Å². The molecule has 2 N–H and O–H groups in total. The number of rotatable bonds is 11. The Kier molecular flexibility index (Phi) is 9.88. The maximum absolute atomic E-state index is 12.8. The zero-order valence-corrected chi connectivity index (χ0v) is 20.9. The van der Waals surface area contributed by atoms with Gasteiger partial charge >= 0.3 is 6.03 Å². The maximum atomic E-state index is 12.8. The molecule has 34 heavy (non-hydrogen) atoms. The van der Waals surface area contributed by atoms with Crippen molar-refractivity contribution in [3.05, 3.63) is 81.3 Å². The van der Waals surface area contributed by atoms with Gasteiger partial charge in [0, 0.05) is 35.8 Å². The number of hydrogen-bond acceptors (Lipinski definition) is 5. The molecule has 0 fully saturated rings. The lowest BCUT2D eigenvalue weighted by Gasteiger charge is -2.21. The van der Waals surface area contributed by atoms with E-state index in [1.54, 1.807) is 41.7 Å². The molecule has 0 saturated carbocycles. The highest BCUT2D eigenvalue weighted by Gasteiger charge is 2.18. The molecule has 1 heterocycles. The van der Waals surface area contributed by atoms with Gasteiger partial charge in [-0.3, -0.25) is 4.79 Å². The number of ether oxygens (including phenoxy) is 1. The first-order valence-corrected chi connectivity index (χ1v) is 12.3. The first-order valence-electron chi connectivity index (χ1n) is 11.0. The van der Waals surface area contributed by atoms with Crippen LogP contribution >= 0.6 is 22.9 Å². The fourth-order valence-corrected chi connectivity index (χ4v) is 4.15. The van der Waals surface area contributed by atoms with Crippen LogP contribution < -0.4 is 10.6 Å². The van der Waals surface area contributed by atoms with E-state index in [2.05, 4.69) is 27.8 Å². The molecule has 1 aromatic heterocycles. The summed E-state index contributed by atoms with van der Waals surface area (Å²) in [5.74, 6) is -0.211. The molecule has 0 aliphatic rings. The Morgan fingerprint density at radius 2 is 1.88 bits per heavy atom. The lowest BCUT2D eigenvalue weighted by atomic mass is 10.1. The lowest BCUT2D eigenvalue weighted by Crippen LogP contribution is -2.37. The molecular weight excluding hydrogens is 472 g/mol. The Labute approximate surface area is 209 Å². The highest BCUT2D eigenvalue weighted by Crippen LogP contribution is 2.17. The van der Waals surface area contributed by atoms with Crippen LogP contribution in [0.15, 0.2) is 60.0 Å². The first kappa shape index (κ1) is 25.7. The average Bonchev–Trinajstić information content (AvgIpc) is 3.31. The number of carbonyl (C=O) groups is 2. The van der Waals surface area contributed by atoms with Gasteiger partial charge in [-0.2, -0.15) is 0 Å². The largest absolute Gasteiger partial charge is 0.383 e. The molecule has 180 valence electrons. The van der Waals surface area contributed by atoms with Gasteiger partial charge in [0.1, 0.15) is 10.7 Å². The highest BCUT2D eigenvalue weighted by atomic mass is 35.5. The molecule has 0 aliphatic heterocycles. The van der Waals surface area contributed by atoms with E-state index in [0.717, 1.165) is 12.8 Å². The third-order valence-corrected chi connectivity index (χ3v) is 6.23. The van der Waals surface area contributed by atoms with Crippen LogP contribution in [0.25, 0.3) is 0 Å². The third-order valence-electron chi connectivity index (χ3n) is 5.14. The van der Waals surface area contributed by atoms with E-state index >= 15 is 0 Å². The SMILES string of the molecule is COCCN(Cc1nc(C(=O)NC(C)CCc2ccccc2)cs1)C(=O)Nc1ccc(Cl)cc1. The summed E-state index contributed by atoms with van der Waals surface area (Å²) in [5, 5.41) is 8.85. The molecule has 1 unspecified atom stereocenters. The number of nitrogens with zero attached hydrogens (tertiary/aromatic N) is 2. The Bertz CT molecular complexity index is 1060. The van der Waals surface area contributed by atoms with Crippen LogP contribution in [0.3, 0.4) is 0 Å². The molecule has 0 saturated heterocycles. The minimum atomic E-state index is -0.282. The molecule has 3 rings (SSSR count). The Balaban J connectivity index is 1.55. The van der Waals surface area contributed by atoms with Gasteiger partial charge < -0.3 is 20.3 Å². The van der Waals surface area contributed by atoms with Crippen molar-refractivity contribution >= 4 is 40.6 Å². The number of amides is 3. The van der Waals surface area contributed by atoms with Crippen molar-refractivity contribution in [2.45, 2.75) is 32.4 Å². The van der Waals surface area contributed by atoms with Gasteiger partial charge in [-0.1, -0.05) is 41.9 Å². The van der Waals surface area contributed by atoms with Gasteiger partial charge in [-0.05, 0) is 49.6 Å². The number of carbonyl (C=O) groups excluding carboxylic acids is 2. The number of anilines is 1. The van der Waals surface area contributed by atoms with E-state index in [0.29, 0.717) is 34.6 Å². The van der Waals surface area contributed by atoms with E-state index < -0.39 is 0 Å². The van der Waals surface area contributed by atoms with Crippen molar-refractivity contribution < 1.29 is 14.3 Å². The summed E-state index contributed by atoms with van der Waals surface area (Å²) in [5.41, 5.74) is 2.24. The predicted molar refractivity (Wildman–Crippen MR) is 137 cm³/mol. The summed E-state index contributed by atoms with van der Waals surface area (Å²) in [6, 6.07) is 16.8. The van der Waals surface area contributed by atoms with Gasteiger partial charge in [0.2, 0.25) is 0 Å². The molecule has 0 spiro atoms. The fourth-order valence-electron chi connectivity index (χ4n) is 3.24. The van der Waals surface area contributed by atoms with E-state index in [1.807, 2.05) is 25.1 Å². The van der Waals surface area contributed by atoms with Gasteiger partial charge in [0.25, 0.3) is 5.91 Å². The van der Waals surface area contributed by atoms with Crippen LogP contribution in [-0.4, -0.2) is 48.1 Å². The van der Waals surface area contributed by atoms with Crippen molar-refractivity contribution in [2.75, 3.05) is 25.6 Å². The highest BCUT2D eigenvalue weighted by molar-refractivity contribution is 7.09. The normalized spacial score (nSPS) is 11.6. The second kappa shape index (κ2) is 13.1. The first-order chi connectivity index (χ1) is 16.4. The summed E-state index contributed by atoms with van der Waals surface area (Å²) < 4.78 is 5.15. The van der Waals surface area contributed by atoms with Crippen LogP contribution in [0.4, 0.5) is 10.5 Å². The minimum Gasteiger partial charge on any atom is -0.383 e. The van der Waals surface area contributed by atoms with Crippen molar-refractivity contribution in [1.82, 2.24) is 15.2 Å². The fraction of sp³-hybridized carbons (Fsp3) is 0.320. The molecule has 0 aliphatic carbocycles. The van der Waals surface area contributed by atoms with Crippen molar-refractivity contribution in [1.29, 1.82) is 0 Å². The number of thiazole rings is 1. The van der Waals surface area contributed by atoms with Crippen LogP contribution in [-0.2, 0) is 17.7 Å². The van der Waals surface area contributed by atoms with Crippen molar-refractivity contribution in [3.63, 3.8) is 0 Å². The zero-order chi connectivity index (χ0) is 24.3. The zero-order valence-electron chi connectivity index (χ0n) is 19.3. The molecule has 9 heteroatoms. The average molecular weight is 501 g/mol. The molecular formula is C25H29ClN4O3S. The Morgan fingerprint density at radius 1 is 1.15 bits per heavy atom. The summed E-state index contributed by atoms with van der Waals surface area (Å²) in [4.78, 5) is 31.5. The van der Waals surface area contributed by atoms with Crippen LogP contribution in [0.2, 0.25) is 5.02 Å². The van der Waals surface area contributed by atoms with E-state index in [-0.39, 0.29) is 24.5 Å². The number of nitrogens with one attached hydrogen (secondary N) is 2. The van der Waals surface area contributed by atoms with E-state index in [4.69, 9.17) is 16.3 Å². The van der Waals surface area contributed by atoms with Gasteiger partial charge in [-0.25, -0.2) is 9.78 Å². The van der Waals surface area contributed by atoms with Crippen molar-refractivity contribution in [2.24, 2.45) is 0 Å². The number of hydrogen-bond donors (Lipinski definition) is 2. The molecule has 1 atom stereocenters. The number of urea groups is 1. The summed E-state index contributed by atoms with van der Waals surface area (Å²) >= 11 is 7.26. The molecule has 0 radical (unpaired) electrons. The standard InChI is InChI=1S/C25H29ClN4O3S/c1-18(8-9-19-6-4-3-5-7-19)27-24(31)22-17-34-23(29-22)16-30(14-15-33-2)25(32)28-21-12-10-20(26)11-13-21/h3-7,10-13,17-18H,8-9,14-16H2,1-2H3,(H,27,31)(H,28,32). The van der Waals surface area contributed by atoms with E-state index in [9.17, 15) is 9.59 Å². The Hall–Kier alpha value is -2.94. The Morgan fingerprint density at radius 3 is 2.59 bits per heavy atom. The molecule has 2 aromatic carbocycles. The molecule has 3 aromatic rings. The maximum Gasteiger partial charge on any atom is 0.322 e. The van der Waals surface area contributed by atoms with Crippen LogP contribution in [0.5, 0.6) is 0 Å². The smallest absolute Gasteiger partial charge is 0.322 e. The monoisotopic (exact) mass is 500 g/mol. The second-order valence-corrected chi connectivity index (χ2v) is 9.26. The number of methoxy groups -OCH3 is 1. The lowest BCUT2D eigenvalue weighted by molar-refractivity contribution is 0.0933. The number of halogens is 1. The van der Waals surface area contributed by atoms with Gasteiger partial charge in [0.05, 0.1) is 13.2 Å². The summed E-state index contributed by atoms with van der Waals surface area (Å²) in [6.07, 6.45) is 1.73. The second-order valence-electron chi connectivity index (χ2n) is 7.88. The topological polar surface area (TPSA) is 83.6 Å². The summed E-state index contributed by atoms with van der Waals surface area (Å²) in [6.45, 7) is 3.02. The number of benzene rings is 2. The number of aromatic nitrogens is 1. The molecule has 0 bridgehead atoms. The molecule has 3 amide bonds. The summed E-state index contributed by atoms with van der Waals surface area (Å²) in [7, 11) is 1.58. The van der Waals surface area contributed by atoms with Crippen molar-refractivity contribution in [3.8, 4) is 0 Å². The predicted octanol–water partition coefficient (Wildman–Crippen LogP) is 5.23. The van der Waals surface area contributed by atoms with Gasteiger partial charge in [-0.15, -0.1) is 11.3 Å². The van der Waals surface area contributed by atoms with Crippen LogP contribution in [0, 0.1) is 0 Å². The number of aryl methyl sites for hydroxylation is 1. The quantitative estimate of drug-likeness (QED) is 0.377. The van der Waals surface area contributed by atoms with Gasteiger partial charge in [0.15, 0.2) is 0 Å². The minimum absolute atomic E-state index is 0.0150.